The Bertz CT molecular complexity index is 379. The molecule has 1 aliphatic rings. The van der Waals surface area contributed by atoms with Crippen LogP contribution in [-0.4, -0.2) is 102 Å². The van der Waals surface area contributed by atoms with E-state index in [9.17, 15) is 0 Å². The maximum atomic E-state index is 5.80. The second-order valence-corrected chi connectivity index (χ2v) is 13.4. The highest BCUT2D eigenvalue weighted by Crippen LogP contribution is 2.27. The average Bonchev–Trinajstić information content (AvgIpc) is 3.12. The Morgan fingerprint density at radius 2 is 1.52 bits per heavy atom. The van der Waals surface area contributed by atoms with Crippen molar-refractivity contribution in [3.63, 3.8) is 0 Å². The zero-order valence-electron chi connectivity index (χ0n) is 18.0. The third-order valence-electron chi connectivity index (χ3n) is 5.51. The molecule has 0 spiro atoms. The van der Waals surface area contributed by atoms with Crippen LogP contribution in [0.3, 0.4) is 0 Å². The van der Waals surface area contributed by atoms with E-state index < -0.39 is 17.5 Å². The smallest absolute Gasteiger partial charge is 0.386 e. The molecule has 0 unspecified atom stereocenters. The topological polar surface area (TPSA) is 78.7 Å². The molecule has 0 saturated carbocycles. The minimum atomic E-state index is -2.48. The molecule has 8 nitrogen and oxygen atoms in total. The van der Waals surface area contributed by atoms with Crippen molar-refractivity contribution in [3.05, 3.63) is 0 Å². The lowest BCUT2D eigenvalue weighted by atomic mass is 10.3. The van der Waals surface area contributed by atoms with E-state index in [2.05, 4.69) is 9.47 Å². The lowest BCUT2D eigenvalue weighted by molar-refractivity contribution is 0.121. The van der Waals surface area contributed by atoms with Gasteiger partial charge in [-0.3, -0.25) is 4.57 Å². The number of nitrogens with two attached hydrogens (primary N) is 1. The SMILES string of the molecule is CO[Si](CCCN(CCCN)CCCN1CCC[Si]1(OC)OC)(OC)OC. The Hall–Kier alpha value is 0.114. The first-order valence-electron chi connectivity index (χ1n) is 9.98. The van der Waals surface area contributed by atoms with E-state index in [1.165, 1.54) is 6.42 Å². The van der Waals surface area contributed by atoms with Gasteiger partial charge in [0.25, 0.3) is 0 Å². The predicted octanol–water partition coefficient (Wildman–Crippen LogP) is 1.23. The van der Waals surface area contributed by atoms with Gasteiger partial charge in [-0.2, -0.15) is 0 Å². The Morgan fingerprint density at radius 1 is 0.926 bits per heavy atom. The average molecular weight is 424 g/mol. The summed E-state index contributed by atoms with van der Waals surface area (Å²) in [7, 11) is 3.99. The second kappa shape index (κ2) is 13.4. The largest absolute Gasteiger partial charge is 0.500 e. The first kappa shape index (κ1) is 25.2. The van der Waals surface area contributed by atoms with E-state index in [0.717, 1.165) is 70.6 Å². The fraction of sp³-hybridized carbons (Fsp3) is 1.00. The lowest BCUT2D eigenvalue weighted by Gasteiger charge is -2.32. The van der Waals surface area contributed by atoms with Crippen LogP contribution in [0.25, 0.3) is 0 Å². The van der Waals surface area contributed by atoms with Crippen molar-refractivity contribution in [2.75, 3.05) is 74.8 Å². The highest BCUT2D eigenvalue weighted by atomic mass is 28.4. The van der Waals surface area contributed by atoms with Gasteiger partial charge in [0.05, 0.1) is 0 Å². The zero-order chi connectivity index (χ0) is 20.2. The van der Waals surface area contributed by atoms with Gasteiger partial charge in [0, 0.05) is 47.6 Å². The third kappa shape index (κ3) is 7.46. The molecule has 0 amide bonds. The van der Waals surface area contributed by atoms with Crippen LogP contribution < -0.4 is 5.73 Å². The van der Waals surface area contributed by atoms with Crippen molar-refractivity contribution in [3.8, 4) is 0 Å². The molecule has 0 aromatic carbocycles. The fourth-order valence-corrected chi connectivity index (χ4v) is 8.57. The van der Waals surface area contributed by atoms with Crippen molar-refractivity contribution in [1.82, 2.24) is 9.47 Å². The van der Waals surface area contributed by atoms with E-state index in [4.69, 9.17) is 27.9 Å². The number of hydrogen-bond donors (Lipinski definition) is 1. The summed E-state index contributed by atoms with van der Waals surface area (Å²) in [6.45, 7) is 5.91. The summed E-state index contributed by atoms with van der Waals surface area (Å²) in [5, 5.41) is 0. The first-order chi connectivity index (χ1) is 13.0. The molecule has 1 aliphatic heterocycles. The zero-order valence-corrected chi connectivity index (χ0v) is 20.0. The van der Waals surface area contributed by atoms with Crippen molar-refractivity contribution in [2.24, 2.45) is 5.73 Å². The molecule has 2 N–H and O–H groups in total. The molecule has 0 aromatic rings. The van der Waals surface area contributed by atoms with Gasteiger partial charge in [0.1, 0.15) is 0 Å². The predicted molar refractivity (Wildman–Crippen MR) is 112 cm³/mol. The molecule has 1 fully saturated rings. The number of rotatable bonds is 16. The Morgan fingerprint density at radius 3 is 2.07 bits per heavy atom. The summed E-state index contributed by atoms with van der Waals surface area (Å²) in [6, 6.07) is 1.89. The summed E-state index contributed by atoms with van der Waals surface area (Å²) < 4.78 is 30.6. The van der Waals surface area contributed by atoms with Gasteiger partial charge in [0.2, 0.25) is 0 Å². The van der Waals surface area contributed by atoms with Gasteiger partial charge < -0.3 is 32.8 Å². The van der Waals surface area contributed by atoms with E-state index >= 15 is 0 Å². The lowest BCUT2D eigenvalue weighted by Crippen LogP contribution is -2.53. The van der Waals surface area contributed by atoms with Crippen LogP contribution in [0.1, 0.15) is 25.7 Å². The normalized spacial score (nSPS) is 17.9. The Kier molecular flexibility index (Phi) is 12.4. The Labute approximate surface area is 167 Å². The van der Waals surface area contributed by atoms with E-state index in [1.807, 2.05) is 0 Å². The van der Waals surface area contributed by atoms with Crippen LogP contribution in [0.15, 0.2) is 0 Å². The van der Waals surface area contributed by atoms with Gasteiger partial charge in [-0.05, 0) is 65.0 Å². The van der Waals surface area contributed by atoms with Crippen molar-refractivity contribution in [1.29, 1.82) is 0 Å². The molecular formula is C17H41N3O5Si2. The molecule has 1 heterocycles. The maximum Gasteiger partial charge on any atom is 0.500 e. The quantitative estimate of drug-likeness (QED) is 0.372. The Balaban J connectivity index is 2.45. The van der Waals surface area contributed by atoms with Gasteiger partial charge in [0.15, 0.2) is 0 Å². The van der Waals surface area contributed by atoms with Crippen LogP contribution >= 0.6 is 0 Å². The van der Waals surface area contributed by atoms with Crippen LogP contribution in [0.2, 0.25) is 12.1 Å². The fourth-order valence-electron chi connectivity index (χ4n) is 3.86. The minimum absolute atomic E-state index is 0.721. The standard InChI is InChI=1S/C17H41N3O5Si2/c1-21-26(22-2)16-9-15-20(26)14-7-12-19(11-6-10-18)13-8-17-27(23-3,24-4)25-5/h6-18H2,1-5H3. The van der Waals surface area contributed by atoms with Gasteiger partial charge in [-0.1, -0.05) is 0 Å². The number of hydrogen-bond acceptors (Lipinski definition) is 8. The maximum absolute atomic E-state index is 5.80. The van der Waals surface area contributed by atoms with Gasteiger partial charge >= 0.3 is 17.5 Å². The van der Waals surface area contributed by atoms with Crippen LogP contribution in [0, 0.1) is 0 Å². The van der Waals surface area contributed by atoms with Crippen molar-refractivity contribution in [2.45, 2.75) is 37.8 Å². The van der Waals surface area contributed by atoms with E-state index in [-0.39, 0.29) is 0 Å². The van der Waals surface area contributed by atoms with Gasteiger partial charge in [-0.15, -0.1) is 0 Å². The number of nitrogens with zero attached hydrogens (tertiary/aromatic N) is 2. The summed E-state index contributed by atoms with van der Waals surface area (Å²) in [5.74, 6) is 0. The van der Waals surface area contributed by atoms with Crippen molar-refractivity contribution < 1.29 is 22.1 Å². The molecule has 0 radical (unpaired) electrons. The molecule has 1 rings (SSSR count). The van der Waals surface area contributed by atoms with E-state index in [1.54, 1.807) is 35.5 Å². The molecule has 27 heavy (non-hydrogen) atoms. The monoisotopic (exact) mass is 423 g/mol. The molecule has 1 saturated heterocycles. The molecule has 0 bridgehead atoms. The second-order valence-electron chi connectivity index (χ2n) is 6.95. The summed E-state index contributed by atoms with van der Waals surface area (Å²) in [6.07, 6.45) is 4.28. The first-order valence-corrected chi connectivity index (χ1v) is 13.9. The minimum Gasteiger partial charge on any atom is -0.386 e. The van der Waals surface area contributed by atoms with E-state index in [0.29, 0.717) is 0 Å². The summed E-state index contributed by atoms with van der Waals surface area (Å²) >= 11 is 0. The molecule has 162 valence electrons. The molecular weight excluding hydrogens is 382 g/mol. The van der Waals surface area contributed by atoms with Crippen LogP contribution in [-0.2, 0) is 22.1 Å². The molecule has 0 aliphatic carbocycles. The molecule has 10 heteroatoms. The van der Waals surface area contributed by atoms with Crippen molar-refractivity contribution >= 4 is 17.5 Å². The summed E-state index contributed by atoms with van der Waals surface area (Å²) in [4.78, 5) is 2.49. The van der Waals surface area contributed by atoms with Gasteiger partial charge in [-0.25, -0.2) is 0 Å². The van der Waals surface area contributed by atoms with Crippen LogP contribution in [0.4, 0.5) is 0 Å². The highest BCUT2D eigenvalue weighted by molar-refractivity contribution is 6.65. The summed E-state index contributed by atoms with van der Waals surface area (Å²) in [5.41, 5.74) is 5.72. The van der Waals surface area contributed by atoms with Crippen LogP contribution in [0.5, 0.6) is 0 Å². The molecule has 0 atom stereocenters. The third-order valence-corrected chi connectivity index (χ3v) is 12.0. The molecule has 0 aromatic heterocycles. The highest BCUT2D eigenvalue weighted by Gasteiger charge is 2.46.